The lowest BCUT2D eigenvalue weighted by Crippen LogP contribution is -3.00. The Morgan fingerprint density at radius 1 is 1.67 bits per heavy atom. The maximum Gasteiger partial charge on any atom is 0.244 e. The van der Waals surface area contributed by atoms with E-state index in [1.54, 1.807) is 0 Å². The third-order valence-corrected chi connectivity index (χ3v) is 1.34. The number of aromatic nitrogens is 2. The lowest BCUT2D eigenvalue weighted by Gasteiger charge is -1.84. The Bertz CT molecular complexity index is 285. The van der Waals surface area contributed by atoms with Crippen LogP contribution in [0.2, 0.25) is 0 Å². The Morgan fingerprint density at radius 3 is 3.00 bits per heavy atom. The fraction of sp³-hybridized carbons (Fsp3) is 0.250. The number of allylic oxidation sites excluding steroid dienone is 1. The zero-order valence-electron chi connectivity index (χ0n) is 6.65. The van der Waals surface area contributed by atoms with Gasteiger partial charge in [0, 0.05) is 0 Å². The molecule has 0 amide bonds. The summed E-state index contributed by atoms with van der Waals surface area (Å²) in [6.07, 6.45) is 7.48. The van der Waals surface area contributed by atoms with Crippen LogP contribution in [-0.2, 0) is 13.1 Å². The summed E-state index contributed by atoms with van der Waals surface area (Å²) >= 11 is 0. The molecule has 3 nitrogen and oxygen atoms in total. The van der Waals surface area contributed by atoms with Crippen LogP contribution in [0.3, 0.4) is 0 Å². The van der Waals surface area contributed by atoms with Crippen molar-refractivity contribution in [2.75, 3.05) is 0 Å². The zero-order chi connectivity index (χ0) is 8.10. The molecular weight excluding hydrogens is 174 g/mol. The monoisotopic (exact) mass is 183 g/mol. The number of imidazole rings is 1. The van der Waals surface area contributed by atoms with Gasteiger partial charge in [-0.3, -0.25) is 0 Å². The van der Waals surface area contributed by atoms with E-state index in [9.17, 15) is 0 Å². The predicted molar refractivity (Wildman–Crippen MR) is 40.4 cm³/mol. The first kappa shape index (κ1) is 10.7. The third kappa shape index (κ3) is 2.77. The van der Waals surface area contributed by atoms with E-state index in [-0.39, 0.29) is 12.4 Å². The van der Waals surface area contributed by atoms with Crippen LogP contribution >= 0.6 is 0 Å². The van der Waals surface area contributed by atoms with Gasteiger partial charge in [0.1, 0.15) is 25.0 Å². The van der Waals surface area contributed by atoms with Gasteiger partial charge in [-0.2, -0.15) is 5.26 Å². The Hall–Kier alpha value is -1.27. The minimum atomic E-state index is 0. The van der Waals surface area contributed by atoms with Gasteiger partial charge in [-0.15, -0.1) is 0 Å². The molecular formula is C8H10ClN3. The summed E-state index contributed by atoms with van der Waals surface area (Å²) in [5.41, 5.74) is 0. The van der Waals surface area contributed by atoms with Crippen molar-refractivity contribution in [2.45, 2.75) is 13.1 Å². The van der Waals surface area contributed by atoms with E-state index in [2.05, 4.69) is 12.6 Å². The second kappa shape index (κ2) is 5.39. The second-order valence-electron chi connectivity index (χ2n) is 2.23. The molecule has 0 atom stereocenters. The first-order valence-corrected chi connectivity index (χ1v) is 3.39. The van der Waals surface area contributed by atoms with Crippen molar-refractivity contribution < 1.29 is 17.0 Å². The Balaban J connectivity index is 0.00000121. The molecule has 0 aliphatic rings. The van der Waals surface area contributed by atoms with Crippen molar-refractivity contribution in [3.63, 3.8) is 0 Å². The molecule has 4 heteroatoms. The van der Waals surface area contributed by atoms with E-state index >= 15 is 0 Å². The standard InChI is InChI=1S/C8H10N3.ClH/c1-2-4-10-6-7-11(8-10)5-3-9;/h2,6-8H,1,4-5H2;1H/q+1;/p-1. The van der Waals surface area contributed by atoms with Gasteiger partial charge < -0.3 is 12.4 Å². The average molecular weight is 184 g/mol. The lowest BCUT2D eigenvalue weighted by molar-refractivity contribution is -0.684. The van der Waals surface area contributed by atoms with Crippen LogP contribution in [0.25, 0.3) is 0 Å². The van der Waals surface area contributed by atoms with Gasteiger partial charge in [-0.25, -0.2) is 9.13 Å². The molecule has 0 bridgehead atoms. The smallest absolute Gasteiger partial charge is 0.244 e. The van der Waals surface area contributed by atoms with Crippen LogP contribution in [0, 0.1) is 11.3 Å². The first-order valence-electron chi connectivity index (χ1n) is 3.39. The maximum absolute atomic E-state index is 8.36. The minimum absolute atomic E-state index is 0. The number of nitrogens with zero attached hydrogens (tertiary/aromatic N) is 3. The topological polar surface area (TPSA) is 32.6 Å². The molecule has 0 aromatic carbocycles. The molecule has 0 unspecified atom stereocenters. The molecule has 0 aliphatic heterocycles. The van der Waals surface area contributed by atoms with Crippen molar-refractivity contribution in [1.29, 1.82) is 5.26 Å². The van der Waals surface area contributed by atoms with E-state index in [0.29, 0.717) is 6.54 Å². The molecule has 12 heavy (non-hydrogen) atoms. The van der Waals surface area contributed by atoms with Gasteiger partial charge in [0.05, 0.1) is 0 Å². The quantitative estimate of drug-likeness (QED) is 0.377. The van der Waals surface area contributed by atoms with Gasteiger partial charge in [-0.1, -0.05) is 12.7 Å². The van der Waals surface area contributed by atoms with Gasteiger partial charge in [0.25, 0.3) is 0 Å². The second-order valence-corrected chi connectivity index (χ2v) is 2.23. The van der Waals surface area contributed by atoms with E-state index in [0.717, 1.165) is 6.54 Å². The Labute approximate surface area is 78.0 Å². The third-order valence-electron chi connectivity index (χ3n) is 1.34. The highest BCUT2D eigenvalue weighted by molar-refractivity contribution is 4.74. The molecule has 1 rings (SSSR count). The number of nitriles is 1. The van der Waals surface area contributed by atoms with E-state index < -0.39 is 0 Å². The lowest BCUT2D eigenvalue weighted by atomic mass is 10.6. The largest absolute Gasteiger partial charge is 1.00 e. The molecule has 1 aromatic heterocycles. The Kier molecular flexibility index (Phi) is 4.82. The highest BCUT2D eigenvalue weighted by Gasteiger charge is 1.98. The summed E-state index contributed by atoms with van der Waals surface area (Å²) < 4.78 is 3.79. The molecule has 0 fully saturated rings. The predicted octanol–water partition coefficient (Wildman–Crippen LogP) is -2.51. The summed E-state index contributed by atoms with van der Waals surface area (Å²) in [5, 5.41) is 8.36. The molecule has 1 heterocycles. The van der Waals surface area contributed by atoms with E-state index in [1.807, 2.05) is 33.9 Å². The molecule has 0 saturated heterocycles. The van der Waals surface area contributed by atoms with Gasteiger partial charge in [0.15, 0.2) is 6.54 Å². The van der Waals surface area contributed by atoms with Crippen molar-refractivity contribution in [3.8, 4) is 6.07 Å². The SMILES string of the molecule is C=CCn1cc[n+](CC#N)c1.[Cl-]. The molecule has 64 valence electrons. The number of hydrogen-bond acceptors (Lipinski definition) is 1. The van der Waals surface area contributed by atoms with Crippen LogP contribution in [0.5, 0.6) is 0 Å². The van der Waals surface area contributed by atoms with Gasteiger partial charge in [0.2, 0.25) is 6.33 Å². The minimum Gasteiger partial charge on any atom is -1.00 e. The summed E-state index contributed by atoms with van der Waals surface area (Å²) in [6, 6.07) is 2.06. The molecule has 0 saturated carbocycles. The van der Waals surface area contributed by atoms with Crippen molar-refractivity contribution in [3.05, 3.63) is 31.4 Å². The van der Waals surface area contributed by atoms with Crippen LogP contribution in [0.15, 0.2) is 31.4 Å². The maximum atomic E-state index is 8.36. The zero-order valence-corrected chi connectivity index (χ0v) is 7.41. The number of halogens is 1. The van der Waals surface area contributed by atoms with E-state index in [4.69, 9.17) is 5.26 Å². The van der Waals surface area contributed by atoms with Gasteiger partial charge in [-0.05, 0) is 0 Å². The molecule has 0 radical (unpaired) electrons. The fourth-order valence-corrected chi connectivity index (χ4v) is 0.871. The first-order chi connectivity index (χ1) is 5.36. The number of hydrogen-bond donors (Lipinski definition) is 0. The highest BCUT2D eigenvalue weighted by Crippen LogP contribution is 1.83. The molecule has 0 N–H and O–H groups in total. The normalized spacial score (nSPS) is 8.25. The van der Waals surface area contributed by atoms with Crippen LogP contribution in [-0.4, -0.2) is 4.57 Å². The number of rotatable bonds is 3. The highest BCUT2D eigenvalue weighted by atomic mass is 35.5. The Morgan fingerprint density at radius 2 is 2.42 bits per heavy atom. The van der Waals surface area contributed by atoms with Crippen molar-refractivity contribution in [1.82, 2.24) is 4.57 Å². The molecule has 1 aromatic rings. The summed E-state index contributed by atoms with van der Waals surface area (Å²) in [7, 11) is 0. The van der Waals surface area contributed by atoms with Crippen LogP contribution in [0.4, 0.5) is 0 Å². The fourth-order valence-electron chi connectivity index (χ4n) is 0.871. The average Bonchev–Trinajstić information content (AvgIpc) is 2.38. The summed E-state index contributed by atoms with van der Waals surface area (Å²) in [5.74, 6) is 0. The van der Waals surface area contributed by atoms with Crippen LogP contribution in [0.1, 0.15) is 0 Å². The van der Waals surface area contributed by atoms with Crippen molar-refractivity contribution >= 4 is 0 Å². The summed E-state index contributed by atoms with van der Waals surface area (Å²) in [4.78, 5) is 0. The van der Waals surface area contributed by atoms with E-state index in [1.165, 1.54) is 0 Å². The van der Waals surface area contributed by atoms with Gasteiger partial charge >= 0.3 is 0 Å². The molecule has 0 spiro atoms. The van der Waals surface area contributed by atoms with Crippen molar-refractivity contribution in [2.24, 2.45) is 0 Å². The molecule has 0 aliphatic carbocycles. The van der Waals surface area contributed by atoms with Crippen LogP contribution < -0.4 is 17.0 Å². The summed E-state index contributed by atoms with van der Waals surface area (Å²) in [6.45, 7) is 4.81.